The minimum Gasteiger partial charge on any atom is -0.309 e. The number of benzene rings is 3. The Hall–Kier alpha value is 37.8. The first-order valence-corrected chi connectivity index (χ1v) is 8.49. The normalized spacial score (nSPS) is 4.00. The maximum absolute atomic E-state index is 2.32. The summed E-state index contributed by atoms with van der Waals surface area (Å²) in [5.74, 6) is 0. The summed E-state index contributed by atoms with van der Waals surface area (Å²) in [5.41, 5.74) is 3.73. The predicted octanol–water partition coefficient (Wildman–Crippen LogP) is 7.47. The molecule has 0 bridgehead atoms. The van der Waals surface area contributed by atoms with Crippen molar-refractivity contribution in [3.63, 3.8) is 0 Å². The first-order chi connectivity index (χ1) is 11.4. The summed E-state index contributed by atoms with van der Waals surface area (Å²) in [5, 5.41) is 2.61. The number of rotatable bonds is 1. The van der Waals surface area contributed by atoms with Crippen molar-refractivity contribution in [2.24, 2.45) is 0 Å². The van der Waals surface area contributed by atoms with Crippen molar-refractivity contribution in [1.82, 2.24) is 4.57 Å². The van der Waals surface area contributed by atoms with Gasteiger partial charge >= 0.3 is 0 Å². The van der Waals surface area contributed by atoms with Gasteiger partial charge in [-0.3, -0.25) is 0 Å². The van der Waals surface area contributed by atoms with Gasteiger partial charge in [0.05, 0.1) is 11.0 Å². The zero-order chi connectivity index (χ0) is 16.7. The molecule has 0 saturated carbocycles. The third kappa shape index (κ3) is 108. The Morgan fingerprint density at radius 2 is 0.393 bits per heavy atom. The van der Waals surface area contributed by atoms with Crippen molar-refractivity contribution < 1.29 is 1210 Å². The van der Waals surface area contributed by atoms with E-state index >= 15 is 0 Å². The van der Waals surface area contributed by atoms with Gasteiger partial charge < -0.3 is 4.57 Å². The van der Waals surface area contributed by atoms with Crippen molar-refractivity contribution in [2.45, 2.75) is 35.1 Å². The van der Waals surface area contributed by atoms with Gasteiger partial charge in [0.25, 0.3) is 0 Å². The second kappa shape index (κ2) is 165. The van der Waals surface area contributed by atoms with E-state index in [9.17, 15) is 0 Å². The molecule has 0 radical (unpaired) electrons. The SMILES string of the molecule is C.CC.CC.[Ar].[Ar].[Ar].[Ar].[Ar].[Ar].[Ar].[Ar].[Ar].[Ar].[Ar].[Ar].[Ar].[Ar].[Ar].[Ar].[Ar].[Ar].[Ar].[Ar].[Ar].[Ar].[Ar].[Ar].[Ar].[Ar].[Ar].[Ar].[Ar].[Ar].[Ar].[Ar].c1ccc(-n2c3ccccc3c3ccccc32)cc1. The minimum absolute atomic E-state index is 0. The van der Waals surface area contributed by atoms with Crippen LogP contribution >= 0.6 is 0 Å². The molecule has 0 fully saturated rings. The molecule has 0 unspecified atom stereocenters. The third-order valence-corrected chi connectivity index (χ3v) is 3.59. The van der Waals surface area contributed by atoms with Crippen LogP contribution in [-0.4, -0.2) is 4.57 Å². The van der Waals surface area contributed by atoms with Crippen molar-refractivity contribution in [3.8, 4) is 5.69 Å². The van der Waals surface area contributed by atoms with Gasteiger partial charge in [-0.1, -0.05) is 89.7 Å². The number of fused-ring (bicyclic) bond motifs is 3. The molecule has 56 heavy (non-hydrogen) atoms. The van der Waals surface area contributed by atoms with Gasteiger partial charge in [0, 0.05) is 1220 Å². The average Bonchev–Trinajstić information content (AvgIpc) is 3.00. The van der Waals surface area contributed by atoms with Gasteiger partial charge in [-0.2, -0.15) is 0 Å². The van der Waals surface area contributed by atoms with Crippen LogP contribution < -0.4 is 0 Å². The molecule has 0 amide bonds. The Balaban J connectivity index is -0.00000000505. The first-order valence-electron chi connectivity index (χ1n) is 8.49. The molecule has 4 rings (SSSR count). The van der Waals surface area contributed by atoms with E-state index in [0.29, 0.717) is 0 Å². The summed E-state index contributed by atoms with van der Waals surface area (Å²) in [7, 11) is 0. The summed E-state index contributed by atoms with van der Waals surface area (Å²) in [6, 6.07) is 27.7. The van der Waals surface area contributed by atoms with Crippen LogP contribution in [0.1, 0.15) is 35.1 Å². The molecular formula is C23H29Ar32N. The number of aromatic nitrogens is 1. The van der Waals surface area contributed by atoms with Gasteiger partial charge in [-0.25, -0.2) is 0 Å². The maximum atomic E-state index is 2.32. The van der Waals surface area contributed by atoms with Crippen molar-refractivity contribution in [3.05, 3.63) is 78.9 Å². The van der Waals surface area contributed by atoms with E-state index in [1.807, 2.05) is 27.7 Å². The quantitative estimate of drug-likeness (QED) is 0.187. The number of hydrogen-bond donors (Lipinski definition) is 0. The standard InChI is InChI=1S/C18H13N.2C2H6.CH4.32Ar/c1-2-8-14(9-3-1)19-17-12-6-4-10-15(17)16-11-5-7-13-18(16)19;2*1-2;;;;;;;;;;;;;;;;;;;;;;;;;;;;;;;;;/h1-13H;2*1-2H3;1H4;;;;;;;;;;;;;;;;;;;;;;;;;;;;;;;;. The molecule has 1 heterocycles. The molecule has 4 aromatic rings. The van der Waals surface area contributed by atoms with Gasteiger partial charge in [0.1, 0.15) is 0 Å². The summed E-state index contributed by atoms with van der Waals surface area (Å²) >= 11 is 0. The second-order valence-corrected chi connectivity index (χ2v) is 4.71. The summed E-state index contributed by atoms with van der Waals surface area (Å²) in [6.45, 7) is 8.00. The summed E-state index contributed by atoms with van der Waals surface area (Å²) in [4.78, 5) is 0. The van der Waals surface area contributed by atoms with E-state index in [1.165, 1.54) is 27.5 Å². The van der Waals surface area contributed by atoms with Crippen LogP contribution in [0, 0.1) is 1210 Å². The number of hydrogen-bond acceptors (Lipinski definition) is 0. The Kier molecular flexibility index (Phi) is 624. The molecular weight excluding hydrogens is 1570 g/mol. The molecule has 0 saturated heterocycles. The van der Waals surface area contributed by atoms with E-state index in [-0.39, 0.29) is 1220 Å². The van der Waals surface area contributed by atoms with Gasteiger partial charge in [0.15, 0.2) is 0 Å². The molecule has 0 aliphatic heterocycles. The molecule has 33 heteroatoms. The number of nitrogens with zero attached hydrogens (tertiary/aromatic N) is 1. The van der Waals surface area contributed by atoms with Crippen molar-refractivity contribution >= 4 is 21.8 Å². The summed E-state index contributed by atoms with van der Waals surface area (Å²) in [6.07, 6.45) is 0. The minimum atomic E-state index is 0. The zero-order valence-corrected chi connectivity index (χ0v) is 48.4. The van der Waals surface area contributed by atoms with E-state index in [2.05, 4.69) is 83.4 Å². The fourth-order valence-corrected chi connectivity index (χ4v) is 2.78. The number of para-hydroxylation sites is 3. The monoisotopic (exact) mass is 1600 g/mol. The van der Waals surface area contributed by atoms with Crippen LogP contribution in [0.15, 0.2) is 78.9 Å². The topological polar surface area (TPSA) is 4.93 Å². The molecule has 0 aliphatic rings. The Morgan fingerprint density at radius 1 is 0.232 bits per heavy atom. The molecule has 1 aromatic heterocycles. The van der Waals surface area contributed by atoms with Crippen LogP contribution in [-0.2, 0) is 0 Å². The molecule has 0 N–H and O–H groups in total. The van der Waals surface area contributed by atoms with Crippen LogP contribution in [0.3, 0.4) is 0 Å². The van der Waals surface area contributed by atoms with E-state index < -0.39 is 0 Å². The third-order valence-electron chi connectivity index (χ3n) is 3.59. The maximum Gasteiger partial charge on any atom is 0.0541 e. The van der Waals surface area contributed by atoms with E-state index in [0.717, 1.165) is 0 Å². The fraction of sp³-hybridized carbons (Fsp3) is 0.217. The smallest absolute Gasteiger partial charge is 0.0541 e. The van der Waals surface area contributed by atoms with E-state index in [1.54, 1.807) is 0 Å². The molecule has 0 aliphatic carbocycles. The Morgan fingerprint density at radius 3 is 0.589 bits per heavy atom. The molecule has 0 atom stereocenters. The van der Waals surface area contributed by atoms with Crippen LogP contribution in [0.2, 0.25) is 0 Å². The van der Waals surface area contributed by atoms with Crippen molar-refractivity contribution in [1.29, 1.82) is 0 Å². The van der Waals surface area contributed by atoms with Gasteiger partial charge in [0.2, 0.25) is 0 Å². The van der Waals surface area contributed by atoms with Gasteiger partial charge in [-0.15, -0.1) is 0 Å². The molecule has 0 spiro atoms. The van der Waals surface area contributed by atoms with Crippen LogP contribution in [0.4, 0.5) is 0 Å². The molecule has 3 aromatic carbocycles. The van der Waals surface area contributed by atoms with Gasteiger partial charge in [-0.05, 0) is 24.3 Å². The fourth-order valence-electron chi connectivity index (χ4n) is 2.78. The van der Waals surface area contributed by atoms with Crippen LogP contribution in [0.25, 0.3) is 27.5 Å². The molecule has 382 valence electrons. The zero-order valence-electron chi connectivity index (χ0n) is 25.8. The summed E-state index contributed by atoms with van der Waals surface area (Å²) < 4.78 is 2.32. The predicted molar refractivity (Wildman–Crippen MR) is 110 cm³/mol. The van der Waals surface area contributed by atoms with Crippen LogP contribution in [0.5, 0.6) is 0 Å². The Labute approximate surface area is 1300 Å². The molecule has 1 nitrogen and oxygen atoms in total. The first kappa shape index (κ1) is 212. The van der Waals surface area contributed by atoms with E-state index in [4.69, 9.17) is 0 Å². The Bertz CT molecular complexity index is 859. The largest absolute Gasteiger partial charge is 0.309 e. The second-order valence-electron chi connectivity index (χ2n) is 4.71. The average molecular weight is 1600 g/mol. The van der Waals surface area contributed by atoms with Crippen molar-refractivity contribution in [2.75, 3.05) is 0 Å².